The predicted molar refractivity (Wildman–Crippen MR) is 72.9 cm³/mol. The Morgan fingerprint density at radius 3 is 2.84 bits per heavy atom. The lowest BCUT2D eigenvalue weighted by Gasteiger charge is -2.24. The van der Waals surface area contributed by atoms with Crippen LogP contribution >= 0.6 is 0 Å². The molecule has 4 heteroatoms. The van der Waals surface area contributed by atoms with Gasteiger partial charge >= 0.3 is 5.97 Å². The van der Waals surface area contributed by atoms with Crippen LogP contribution < -0.4 is 4.90 Å². The maximum absolute atomic E-state index is 11.7. The van der Waals surface area contributed by atoms with Crippen molar-refractivity contribution in [2.24, 2.45) is 0 Å². The quantitative estimate of drug-likeness (QED) is 0.761. The molecule has 1 aromatic carbocycles. The molecule has 0 aliphatic heterocycles. The lowest BCUT2D eigenvalue weighted by atomic mass is 10.1. The average molecular weight is 258 g/mol. The molecule has 0 radical (unpaired) electrons. The van der Waals surface area contributed by atoms with Gasteiger partial charge < -0.3 is 9.64 Å². The molecule has 1 aliphatic carbocycles. The number of carbonyl (C=O) groups is 1. The van der Waals surface area contributed by atoms with E-state index in [2.05, 4.69) is 6.07 Å². The van der Waals surface area contributed by atoms with Crippen LogP contribution in [-0.4, -0.2) is 25.2 Å². The number of carbonyl (C=O) groups excluding carboxylic acids is 1. The maximum atomic E-state index is 11.7. The fraction of sp³-hybridized carbons (Fsp3) is 0.467. The van der Waals surface area contributed by atoms with E-state index in [4.69, 9.17) is 4.74 Å². The monoisotopic (exact) mass is 258 g/mol. The van der Waals surface area contributed by atoms with Crippen LogP contribution in [0.2, 0.25) is 0 Å². The molecule has 0 bridgehead atoms. The Labute approximate surface area is 113 Å². The fourth-order valence-corrected chi connectivity index (χ4v) is 2.13. The molecule has 1 fully saturated rings. The van der Waals surface area contributed by atoms with Crippen molar-refractivity contribution in [3.8, 4) is 6.07 Å². The first-order chi connectivity index (χ1) is 9.15. The van der Waals surface area contributed by atoms with Gasteiger partial charge in [-0.15, -0.1) is 0 Å². The average Bonchev–Trinajstić information content (AvgIpc) is 3.21. The van der Waals surface area contributed by atoms with Gasteiger partial charge in [-0.1, -0.05) is 6.07 Å². The molecule has 0 N–H and O–H groups in total. The highest BCUT2D eigenvalue weighted by Gasteiger charge is 2.32. The topological polar surface area (TPSA) is 53.3 Å². The summed E-state index contributed by atoms with van der Waals surface area (Å²) in [7, 11) is 0. The van der Waals surface area contributed by atoms with Crippen LogP contribution in [0.15, 0.2) is 18.2 Å². The minimum absolute atomic E-state index is 0.218. The Kier molecular flexibility index (Phi) is 4.06. The van der Waals surface area contributed by atoms with Crippen molar-refractivity contribution < 1.29 is 9.53 Å². The van der Waals surface area contributed by atoms with Gasteiger partial charge in [-0.2, -0.15) is 5.26 Å². The van der Waals surface area contributed by atoms with E-state index in [9.17, 15) is 10.1 Å². The molecular weight excluding hydrogens is 240 g/mol. The molecule has 0 atom stereocenters. The second-order valence-corrected chi connectivity index (χ2v) is 4.80. The Morgan fingerprint density at radius 1 is 1.53 bits per heavy atom. The van der Waals surface area contributed by atoms with Gasteiger partial charge in [0.05, 0.1) is 17.9 Å². The number of benzene rings is 1. The largest absolute Gasteiger partial charge is 0.465 e. The molecule has 0 spiro atoms. The van der Waals surface area contributed by atoms with E-state index in [1.807, 2.05) is 30.0 Å². The molecule has 1 aromatic rings. The van der Waals surface area contributed by atoms with Crippen LogP contribution in [0.25, 0.3) is 0 Å². The highest BCUT2D eigenvalue weighted by Crippen LogP contribution is 2.33. The van der Waals surface area contributed by atoms with Gasteiger partial charge in [-0.05, 0) is 44.4 Å². The van der Waals surface area contributed by atoms with Gasteiger partial charge in [-0.3, -0.25) is 4.79 Å². The van der Waals surface area contributed by atoms with Crippen LogP contribution in [0.5, 0.6) is 0 Å². The number of hydrogen-bond donors (Lipinski definition) is 0. The minimum atomic E-state index is -0.237. The third-order valence-electron chi connectivity index (χ3n) is 3.17. The second kappa shape index (κ2) is 5.75. The van der Waals surface area contributed by atoms with Crippen molar-refractivity contribution in [1.29, 1.82) is 5.26 Å². The van der Waals surface area contributed by atoms with Crippen LogP contribution in [0.1, 0.15) is 30.9 Å². The summed E-state index contributed by atoms with van der Waals surface area (Å²) in [5, 5.41) is 9.24. The Hall–Kier alpha value is -2.02. The van der Waals surface area contributed by atoms with E-state index >= 15 is 0 Å². The van der Waals surface area contributed by atoms with Crippen LogP contribution in [0.4, 0.5) is 5.69 Å². The number of hydrogen-bond acceptors (Lipinski definition) is 4. The first-order valence-corrected chi connectivity index (χ1v) is 6.58. The molecule has 0 saturated heterocycles. The predicted octanol–water partition coefficient (Wildman–Crippen LogP) is 2.40. The summed E-state index contributed by atoms with van der Waals surface area (Å²) < 4.78 is 5.01. The molecule has 1 aliphatic rings. The number of esters is 1. The maximum Gasteiger partial charge on any atom is 0.325 e. The Balaban J connectivity index is 2.24. The van der Waals surface area contributed by atoms with E-state index in [1.54, 1.807) is 6.92 Å². The lowest BCUT2D eigenvalue weighted by molar-refractivity contribution is -0.141. The lowest BCUT2D eigenvalue weighted by Crippen LogP contribution is -2.33. The van der Waals surface area contributed by atoms with Crippen LogP contribution in [-0.2, 0) is 9.53 Å². The summed E-state index contributed by atoms with van der Waals surface area (Å²) in [5.41, 5.74) is 2.51. The molecule has 19 heavy (non-hydrogen) atoms. The number of nitriles is 1. The van der Waals surface area contributed by atoms with Gasteiger partial charge in [0.15, 0.2) is 0 Å². The number of aryl methyl sites for hydroxylation is 1. The first-order valence-electron chi connectivity index (χ1n) is 6.58. The zero-order valence-corrected chi connectivity index (χ0v) is 11.3. The molecule has 0 heterocycles. The van der Waals surface area contributed by atoms with E-state index in [0.29, 0.717) is 18.2 Å². The number of anilines is 1. The van der Waals surface area contributed by atoms with Gasteiger partial charge in [0.2, 0.25) is 0 Å². The van der Waals surface area contributed by atoms with Gasteiger partial charge in [0, 0.05) is 6.04 Å². The van der Waals surface area contributed by atoms with Crippen molar-refractivity contribution in [1.82, 2.24) is 0 Å². The SMILES string of the molecule is CCOC(=O)CN(c1ccc(C)cc1C#N)C1CC1. The highest BCUT2D eigenvalue weighted by atomic mass is 16.5. The molecule has 100 valence electrons. The van der Waals surface area contributed by atoms with Crippen molar-refractivity contribution in [3.63, 3.8) is 0 Å². The molecule has 0 unspecified atom stereocenters. The van der Waals surface area contributed by atoms with Crippen LogP contribution in [0, 0.1) is 18.3 Å². The van der Waals surface area contributed by atoms with E-state index in [0.717, 1.165) is 24.1 Å². The van der Waals surface area contributed by atoms with E-state index in [1.165, 1.54) is 0 Å². The summed E-state index contributed by atoms with van der Waals surface area (Å²) in [6, 6.07) is 8.32. The van der Waals surface area contributed by atoms with E-state index < -0.39 is 0 Å². The van der Waals surface area contributed by atoms with Crippen molar-refractivity contribution >= 4 is 11.7 Å². The number of ether oxygens (including phenoxy) is 1. The van der Waals surface area contributed by atoms with Crippen molar-refractivity contribution in [3.05, 3.63) is 29.3 Å². The summed E-state index contributed by atoms with van der Waals surface area (Å²) in [6.07, 6.45) is 2.14. The summed E-state index contributed by atoms with van der Waals surface area (Å²) in [4.78, 5) is 13.7. The summed E-state index contributed by atoms with van der Waals surface area (Å²) in [6.45, 7) is 4.36. The van der Waals surface area contributed by atoms with Gasteiger partial charge in [0.1, 0.15) is 12.6 Å². The van der Waals surface area contributed by atoms with Crippen molar-refractivity contribution in [2.45, 2.75) is 32.7 Å². The molecule has 0 amide bonds. The first kappa shape index (κ1) is 13.4. The third-order valence-corrected chi connectivity index (χ3v) is 3.17. The normalized spacial score (nSPS) is 13.7. The summed E-state index contributed by atoms with van der Waals surface area (Å²) in [5.74, 6) is -0.237. The third kappa shape index (κ3) is 3.25. The molecule has 1 saturated carbocycles. The molecule has 0 aromatic heterocycles. The standard InChI is InChI=1S/C15H18N2O2/c1-3-19-15(18)10-17(13-5-6-13)14-7-4-11(2)8-12(14)9-16/h4,7-8,13H,3,5-6,10H2,1-2H3. The van der Waals surface area contributed by atoms with Gasteiger partial charge in [-0.25, -0.2) is 0 Å². The fourth-order valence-electron chi connectivity index (χ4n) is 2.13. The number of rotatable bonds is 5. The Bertz CT molecular complexity index is 515. The van der Waals surface area contributed by atoms with Crippen LogP contribution in [0.3, 0.4) is 0 Å². The Morgan fingerprint density at radius 2 is 2.26 bits per heavy atom. The zero-order valence-electron chi connectivity index (χ0n) is 11.3. The molecule has 4 nitrogen and oxygen atoms in total. The highest BCUT2D eigenvalue weighted by molar-refractivity contribution is 5.77. The molecular formula is C15H18N2O2. The molecule has 2 rings (SSSR count). The minimum Gasteiger partial charge on any atom is -0.465 e. The number of nitrogens with zero attached hydrogens (tertiary/aromatic N) is 2. The smallest absolute Gasteiger partial charge is 0.325 e. The second-order valence-electron chi connectivity index (χ2n) is 4.80. The van der Waals surface area contributed by atoms with Gasteiger partial charge in [0.25, 0.3) is 0 Å². The van der Waals surface area contributed by atoms with E-state index in [-0.39, 0.29) is 12.5 Å². The zero-order chi connectivity index (χ0) is 13.8. The summed E-state index contributed by atoms with van der Waals surface area (Å²) >= 11 is 0. The van der Waals surface area contributed by atoms with Crippen molar-refractivity contribution in [2.75, 3.05) is 18.1 Å².